The smallest absolute Gasteiger partial charge is 0.253 e. The number of hydrogen-bond donors (Lipinski definition) is 0. The Labute approximate surface area is 102 Å². The summed E-state index contributed by atoms with van der Waals surface area (Å²) in [4.78, 5) is 8.29. The van der Waals surface area contributed by atoms with E-state index in [1.807, 2.05) is 6.26 Å². The minimum Gasteiger partial charge on any atom is -0.472 e. The summed E-state index contributed by atoms with van der Waals surface area (Å²) in [6.45, 7) is 0. The standard InChI is InChI=1S/C11H12FN3OS/c1-15-9-7(14-11(15)17-2)5-13-10(8(9)12)16-6-3-4-6/h5-6H,3-4H2,1-2H3. The summed E-state index contributed by atoms with van der Waals surface area (Å²) >= 11 is 1.48. The van der Waals surface area contributed by atoms with Gasteiger partial charge in [0.15, 0.2) is 5.16 Å². The minimum atomic E-state index is -0.412. The molecule has 0 radical (unpaired) electrons. The number of imidazole rings is 1. The molecule has 2 heterocycles. The molecule has 1 aliphatic rings. The van der Waals surface area contributed by atoms with Crippen molar-refractivity contribution in [1.82, 2.24) is 14.5 Å². The van der Waals surface area contributed by atoms with Gasteiger partial charge in [-0.05, 0) is 19.1 Å². The number of halogens is 1. The third-order valence-corrected chi connectivity index (χ3v) is 3.50. The van der Waals surface area contributed by atoms with Gasteiger partial charge in [-0.25, -0.2) is 9.97 Å². The molecule has 4 nitrogen and oxygen atoms in total. The summed E-state index contributed by atoms with van der Waals surface area (Å²) < 4.78 is 21.4. The Balaban J connectivity index is 2.14. The van der Waals surface area contributed by atoms with Gasteiger partial charge in [0.1, 0.15) is 17.1 Å². The number of fused-ring (bicyclic) bond motifs is 1. The van der Waals surface area contributed by atoms with Crippen molar-refractivity contribution < 1.29 is 9.13 Å². The lowest BCUT2D eigenvalue weighted by molar-refractivity contribution is 0.276. The molecule has 0 saturated heterocycles. The van der Waals surface area contributed by atoms with E-state index in [1.54, 1.807) is 17.8 Å². The van der Waals surface area contributed by atoms with E-state index in [0.29, 0.717) is 11.0 Å². The SMILES string of the molecule is CSc1nc2cnc(OC3CC3)c(F)c2n1C. The van der Waals surface area contributed by atoms with Gasteiger partial charge in [-0.2, -0.15) is 4.39 Å². The summed E-state index contributed by atoms with van der Waals surface area (Å²) in [7, 11) is 1.80. The van der Waals surface area contributed by atoms with Crippen molar-refractivity contribution in [3.8, 4) is 5.88 Å². The van der Waals surface area contributed by atoms with E-state index in [4.69, 9.17) is 4.74 Å². The van der Waals surface area contributed by atoms with E-state index in [0.717, 1.165) is 18.0 Å². The van der Waals surface area contributed by atoms with Gasteiger partial charge >= 0.3 is 0 Å². The first-order valence-corrected chi connectivity index (χ1v) is 6.64. The number of ether oxygens (including phenoxy) is 1. The van der Waals surface area contributed by atoms with Gasteiger partial charge in [0.05, 0.1) is 6.20 Å². The Hall–Kier alpha value is -1.30. The monoisotopic (exact) mass is 253 g/mol. The van der Waals surface area contributed by atoms with Crippen LogP contribution in [0.4, 0.5) is 4.39 Å². The van der Waals surface area contributed by atoms with Crippen LogP contribution in [-0.2, 0) is 7.05 Å². The predicted molar refractivity (Wildman–Crippen MR) is 63.9 cm³/mol. The second-order valence-electron chi connectivity index (χ2n) is 4.09. The molecule has 0 N–H and O–H groups in total. The molecule has 0 unspecified atom stereocenters. The number of nitrogens with zero attached hydrogens (tertiary/aromatic N) is 3. The topological polar surface area (TPSA) is 39.9 Å². The van der Waals surface area contributed by atoms with E-state index in [-0.39, 0.29) is 12.0 Å². The lowest BCUT2D eigenvalue weighted by Crippen LogP contribution is -2.02. The maximum absolute atomic E-state index is 14.2. The van der Waals surface area contributed by atoms with Crippen molar-refractivity contribution in [3.05, 3.63) is 12.0 Å². The zero-order valence-corrected chi connectivity index (χ0v) is 10.4. The Morgan fingerprint density at radius 2 is 2.29 bits per heavy atom. The quantitative estimate of drug-likeness (QED) is 0.787. The predicted octanol–water partition coefficient (Wildman–Crippen LogP) is 2.37. The van der Waals surface area contributed by atoms with Crippen LogP contribution >= 0.6 is 11.8 Å². The van der Waals surface area contributed by atoms with Gasteiger partial charge in [-0.15, -0.1) is 0 Å². The number of aryl methyl sites for hydroxylation is 1. The van der Waals surface area contributed by atoms with Crippen molar-refractivity contribution in [2.45, 2.75) is 24.1 Å². The molecule has 17 heavy (non-hydrogen) atoms. The summed E-state index contributed by atoms with van der Waals surface area (Å²) in [5.74, 6) is -0.319. The number of hydrogen-bond acceptors (Lipinski definition) is 4. The molecular weight excluding hydrogens is 241 g/mol. The highest BCUT2D eigenvalue weighted by atomic mass is 32.2. The highest BCUT2D eigenvalue weighted by Gasteiger charge is 2.27. The first kappa shape index (κ1) is 10.8. The summed E-state index contributed by atoms with van der Waals surface area (Å²) in [5, 5.41) is 0.768. The van der Waals surface area contributed by atoms with Crippen LogP contribution in [0.3, 0.4) is 0 Å². The van der Waals surface area contributed by atoms with Crippen molar-refractivity contribution in [3.63, 3.8) is 0 Å². The molecule has 1 aliphatic carbocycles. The van der Waals surface area contributed by atoms with Crippen molar-refractivity contribution >= 4 is 22.8 Å². The van der Waals surface area contributed by atoms with Gasteiger partial charge in [-0.3, -0.25) is 0 Å². The van der Waals surface area contributed by atoms with Crippen LogP contribution in [0.1, 0.15) is 12.8 Å². The Morgan fingerprint density at radius 1 is 1.53 bits per heavy atom. The average molecular weight is 253 g/mol. The third-order valence-electron chi connectivity index (χ3n) is 2.77. The van der Waals surface area contributed by atoms with Crippen LogP contribution in [0.25, 0.3) is 11.0 Å². The maximum Gasteiger partial charge on any atom is 0.253 e. The van der Waals surface area contributed by atoms with Gasteiger partial charge in [-0.1, -0.05) is 11.8 Å². The molecule has 6 heteroatoms. The highest BCUT2D eigenvalue weighted by Crippen LogP contribution is 2.31. The molecule has 1 fully saturated rings. The van der Waals surface area contributed by atoms with E-state index >= 15 is 0 Å². The molecule has 0 aliphatic heterocycles. The fraction of sp³-hybridized carbons (Fsp3) is 0.455. The molecule has 1 saturated carbocycles. The zero-order valence-electron chi connectivity index (χ0n) is 9.61. The van der Waals surface area contributed by atoms with Crippen LogP contribution in [0.2, 0.25) is 0 Å². The summed E-state index contributed by atoms with van der Waals surface area (Å²) in [6.07, 6.45) is 5.59. The zero-order chi connectivity index (χ0) is 12.0. The number of aromatic nitrogens is 3. The Kier molecular flexibility index (Phi) is 2.47. The van der Waals surface area contributed by atoms with E-state index < -0.39 is 5.82 Å². The average Bonchev–Trinajstić information content (AvgIpc) is 3.07. The van der Waals surface area contributed by atoms with Crippen LogP contribution in [0.5, 0.6) is 5.88 Å². The summed E-state index contributed by atoms with van der Waals surface area (Å²) in [6, 6.07) is 0. The fourth-order valence-electron chi connectivity index (χ4n) is 1.73. The van der Waals surface area contributed by atoms with E-state index in [2.05, 4.69) is 9.97 Å². The Bertz CT molecular complexity index is 580. The number of rotatable bonds is 3. The first-order valence-electron chi connectivity index (χ1n) is 5.42. The molecule has 0 aromatic carbocycles. The Morgan fingerprint density at radius 3 is 2.94 bits per heavy atom. The molecule has 0 spiro atoms. The molecule has 2 aromatic rings. The molecule has 0 atom stereocenters. The van der Waals surface area contributed by atoms with Gasteiger partial charge < -0.3 is 9.30 Å². The highest BCUT2D eigenvalue weighted by molar-refractivity contribution is 7.98. The molecule has 0 amide bonds. The molecule has 3 rings (SSSR count). The van der Waals surface area contributed by atoms with Crippen molar-refractivity contribution in [2.75, 3.05) is 6.26 Å². The molecule has 2 aromatic heterocycles. The van der Waals surface area contributed by atoms with Gasteiger partial charge in [0, 0.05) is 7.05 Å². The second kappa shape index (κ2) is 3.87. The fourth-order valence-corrected chi connectivity index (χ4v) is 2.29. The van der Waals surface area contributed by atoms with Crippen LogP contribution < -0.4 is 4.74 Å². The number of thioether (sulfide) groups is 1. The van der Waals surface area contributed by atoms with Crippen molar-refractivity contribution in [2.24, 2.45) is 7.05 Å². The maximum atomic E-state index is 14.2. The normalized spacial score (nSPS) is 15.5. The molecule has 90 valence electrons. The van der Waals surface area contributed by atoms with Crippen LogP contribution in [-0.4, -0.2) is 26.9 Å². The summed E-state index contributed by atoms with van der Waals surface area (Å²) in [5.41, 5.74) is 1.03. The number of pyridine rings is 1. The van der Waals surface area contributed by atoms with E-state index in [1.165, 1.54) is 11.8 Å². The molecule has 0 bridgehead atoms. The van der Waals surface area contributed by atoms with Crippen LogP contribution in [0.15, 0.2) is 11.4 Å². The van der Waals surface area contributed by atoms with Gasteiger partial charge in [0.2, 0.25) is 5.82 Å². The largest absolute Gasteiger partial charge is 0.472 e. The van der Waals surface area contributed by atoms with Gasteiger partial charge in [0.25, 0.3) is 5.88 Å². The van der Waals surface area contributed by atoms with Crippen LogP contribution in [0, 0.1) is 5.82 Å². The van der Waals surface area contributed by atoms with E-state index in [9.17, 15) is 4.39 Å². The third kappa shape index (κ3) is 1.76. The lowest BCUT2D eigenvalue weighted by atomic mass is 10.4. The first-order chi connectivity index (χ1) is 8.20. The second-order valence-corrected chi connectivity index (χ2v) is 4.86. The van der Waals surface area contributed by atoms with Crippen molar-refractivity contribution in [1.29, 1.82) is 0 Å². The molecular formula is C11H12FN3OS. The lowest BCUT2D eigenvalue weighted by Gasteiger charge is -2.05. The minimum absolute atomic E-state index is 0.0932.